The van der Waals surface area contributed by atoms with Gasteiger partial charge in [-0.3, -0.25) is 10.1 Å². The van der Waals surface area contributed by atoms with Crippen LogP contribution < -0.4 is 4.74 Å². The molecule has 0 radical (unpaired) electrons. The van der Waals surface area contributed by atoms with Gasteiger partial charge in [0.25, 0.3) is 5.69 Å². The van der Waals surface area contributed by atoms with Crippen LogP contribution in [0.4, 0.5) is 5.69 Å². The summed E-state index contributed by atoms with van der Waals surface area (Å²) in [6.45, 7) is 2.58. The van der Waals surface area contributed by atoms with Gasteiger partial charge in [0.15, 0.2) is 0 Å². The Balaban J connectivity index is 2.68. The van der Waals surface area contributed by atoms with Gasteiger partial charge < -0.3 is 9.84 Å². The van der Waals surface area contributed by atoms with E-state index in [1.807, 2.05) is 0 Å². The van der Waals surface area contributed by atoms with E-state index in [4.69, 9.17) is 9.84 Å². The number of benzene rings is 1. The van der Waals surface area contributed by atoms with Crippen LogP contribution >= 0.6 is 0 Å². The summed E-state index contributed by atoms with van der Waals surface area (Å²) >= 11 is 0. The standard InChI is InChI=1S/C13H17NO5/c1-2-3-4-5-8-19-10-6-7-11(13(15)16)12(9-10)14(17)18/h6-7,9H,2-5,8H2,1H3,(H,15,16). The molecule has 0 heterocycles. The summed E-state index contributed by atoms with van der Waals surface area (Å²) in [6.07, 6.45) is 4.17. The maximum absolute atomic E-state index is 10.8. The highest BCUT2D eigenvalue weighted by atomic mass is 16.6. The van der Waals surface area contributed by atoms with Crippen LogP contribution in [0.25, 0.3) is 0 Å². The summed E-state index contributed by atoms with van der Waals surface area (Å²) in [5.74, 6) is -0.991. The third-order valence-electron chi connectivity index (χ3n) is 2.66. The highest BCUT2D eigenvalue weighted by Gasteiger charge is 2.20. The SMILES string of the molecule is CCCCCCOc1ccc(C(=O)O)c([N+](=O)[O-])c1. The van der Waals surface area contributed by atoms with E-state index in [2.05, 4.69) is 6.92 Å². The van der Waals surface area contributed by atoms with Crippen molar-refractivity contribution in [3.8, 4) is 5.75 Å². The van der Waals surface area contributed by atoms with E-state index in [-0.39, 0.29) is 5.56 Å². The van der Waals surface area contributed by atoms with E-state index < -0.39 is 16.6 Å². The van der Waals surface area contributed by atoms with Gasteiger partial charge in [0.05, 0.1) is 17.6 Å². The Morgan fingerprint density at radius 3 is 2.68 bits per heavy atom. The van der Waals surface area contributed by atoms with Crippen LogP contribution in [0.15, 0.2) is 18.2 Å². The topological polar surface area (TPSA) is 89.7 Å². The predicted octanol–water partition coefficient (Wildman–Crippen LogP) is 3.25. The number of nitro groups is 1. The molecule has 6 nitrogen and oxygen atoms in total. The van der Waals surface area contributed by atoms with Crippen LogP contribution in [0, 0.1) is 10.1 Å². The van der Waals surface area contributed by atoms with Gasteiger partial charge in [-0.05, 0) is 18.6 Å². The van der Waals surface area contributed by atoms with Crippen molar-refractivity contribution in [3.05, 3.63) is 33.9 Å². The minimum absolute atomic E-state index is 0.327. The monoisotopic (exact) mass is 267 g/mol. The molecule has 1 rings (SSSR count). The van der Waals surface area contributed by atoms with Crippen LogP contribution in [0.2, 0.25) is 0 Å². The Kier molecular flexibility index (Phi) is 5.78. The molecular formula is C13H17NO5. The van der Waals surface area contributed by atoms with Crippen LogP contribution in [0.3, 0.4) is 0 Å². The van der Waals surface area contributed by atoms with Crippen molar-refractivity contribution in [2.24, 2.45) is 0 Å². The number of nitro benzene ring substituents is 1. The highest BCUT2D eigenvalue weighted by molar-refractivity contribution is 5.92. The number of unbranched alkanes of at least 4 members (excludes halogenated alkanes) is 3. The first kappa shape index (κ1) is 14.9. The fourth-order valence-corrected chi connectivity index (χ4v) is 1.65. The summed E-state index contributed by atoms with van der Waals surface area (Å²) < 4.78 is 5.38. The van der Waals surface area contributed by atoms with Crippen molar-refractivity contribution in [2.75, 3.05) is 6.61 Å². The summed E-state index contributed by atoms with van der Waals surface area (Å²) in [6, 6.07) is 3.79. The molecule has 0 aliphatic carbocycles. The van der Waals surface area contributed by atoms with Crippen molar-refractivity contribution in [1.82, 2.24) is 0 Å². The van der Waals surface area contributed by atoms with Gasteiger partial charge in [0.1, 0.15) is 11.3 Å². The highest BCUT2D eigenvalue weighted by Crippen LogP contribution is 2.24. The number of hydrogen-bond acceptors (Lipinski definition) is 4. The Bertz CT molecular complexity index is 458. The first-order valence-corrected chi connectivity index (χ1v) is 6.20. The van der Waals surface area contributed by atoms with Crippen molar-refractivity contribution in [1.29, 1.82) is 0 Å². The van der Waals surface area contributed by atoms with E-state index in [1.165, 1.54) is 12.1 Å². The number of ether oxygens (including phenoxy) is 1. The minimum Gasteiger partial charge on any atom is -0.493 e. The Morgan fingerprint density at radius 2 is 2.11 bits per heavy atom. The largest absolute Gasteiger partial charge is 0.493 e. The zero-order valence-electron chi connectivity index (χ0n) is 10.8. The lowest BCUT2D eigenvalue weighted by Crippen LogP contribution is -2.04. The zero-order chi connectivity index (χ0) is 14.3. The molecule has 0 saturated heterocycles. The molecule has 1 aromatic carbocycles. The fraction of sp³-hybridized carbons (Fsp3) is 0.462. The summed E-state index contributed by atoms with van der Waals surface area (Å²) in [5.41, 5.74) is -0.776. The van der Waals surface area contributed by atoms with Gasteiger partial charge in [-0.25, -0.2) is 4.79 Å². The number of carboxylic acid groups (broad SMARTS) is 1. The maximum atomic E-state index is 10.8. The third kappa shape index (κ3) is 4.57. The predicted molar refractivity (Wildman–Crippen MR) is 69.7 cm³/mol. The lowest BCUT2D eigenvalue weighted by atomic mass is 10.1. The molecule has 0 aromatic heterocycles. The number of rotatable bonds is 8. The molecule has 0 aliphatic heterocycles. The van der Waals surface area contributed by atoms with Crippen LogP contribution in [-0.2, 0) is 0 Å². The van der Waals surface area contributed by atoms with E-state index >= 15 is 0 Å². The van der Waals surface area contributed by atoms with Gasteiger partial charge in [0, 0.05) is 0 Å². The molecule has 6 heteroatoms. The van der Waals surface area contributed by atoms with E-state index in [1.54, 1.807) is 0 Å². The van der Waals surface area contributed by atoms with Crippen molar-refractivity contribution in [3.63, 3.8) is 0 Å². The third-order valence-corrected chi connectivity index (χ3v) is 2.66. The second-order valence-electron chi connectivity index (χ2n) is 4.15. The van der Waals surface area contributed by atoms with Crippen molar-refractivity contribution in [2.45, 2.75) is 32.6 Å². The molecule has 0 atom stereocenters. The van der Waals surface area contributed by atoms with Gasteiger partial charge >= 0.3 is 5.97 Å². The zero-order valence-corrected chi connectivity index (χ0v) is 10.8. The van der Waals surface area contributed by atoms with Crippen LogP contribution in [0.5, 0.6) is 5.75 Å². The quantitative estimate of drug-likeness (QED) is 0.443. The average Bonchev–Trinajstić information content (AvgIpc) is 2.38. The molecule has 0 amide bonds. The molecule has 0 spiro atoms. The van der Waals surface area contributed by atoms with Crippen molar-refractivity contribution < 1.29 is 19.6 Å². The Labute approximate surface area is 111 Å². The molecule has 0 saturated carbocycles. The Morgan fingerprint density at radius 1 is 1.37 bits per heavy atom. The van der Waals surface area contributed by atoms with Crippen LogP contribution in [-0.4, -0.2) is 22.6 Å². The average molecular weight is 267 g/mol. The second-order valence-corrected chi connectivity index (χ2v) is 4.15. The number of hydrogen-bond donors (Lipinski definition) is 1. The summed E-state index contributed by atoms with van der Waals surface area (Å²) in [4.78, 5) is 20.9. The summed E-state index contributed by atoms with van der Waals surface area (Å²) in [5, 5.41) is 19.6. The first-order valence-electron chi connectivity index (χ1n) is 6.20. The lowest BCUT2D eigenvalue weighted by Gasteiger charge is -2.06. The number of aromatic carboxylic acids is 1. The molecule has 0 aliphatic rings. The minimum atomic E-state index is -1.32. The van der Waals surface area contributed by atoms with E-state index in [9.17, 15) is 14.9 Å². The molecule has 19 heavy (non-hydrogen) atoms. The smallest absolute Gasteiger partial charge is 0.342 e. The summed E-state index contributed by atoms with van der Waals surface area (Å²) in [7, 11) is 0. The normalized spacial score (nSPS) is 10.2. The number of carboxylic acids is 1. The molecule has 0 bridgehead atoms. The molecule has 1 aromatic rings. The van der Waals surface area contributed by atoms with E-state index in [0.717, 1.165) is 31.7 Å². The van der Waals surface area contributed by atoms with Crippen LogP contribution in [0.1, 0.15) is 43.0 Å². The molecule has 0 unspecified atom stereocenters. The lowest BCUT2D eigenvalue weighted by molar-refractivity contribution is -0.385. The molecule has 0 fully saturated rings. The van der Waals surface area contributed by atoms with Gasteiger partial charge in [0.2, 0.25) is 0 Å². The van der Waals surface area contributed by atoms with Gasteiger partial charge in [-0.15, -0.1) is 0 Å². The fourth-order valence-electron chi connectivity index (χ4n) is 1.65. The van der Waals surface area contributed by atoms with Gasteiger partial charge in [-0.1, -0.05) is 26.2 Å². The van der Waals surface area contributed by atoms with E-state index in [0.29, 0.717) is 12.4 Å². The Hall–Kier alpha value is -2.11. The van der Waals surface area contributed by atoms with Crippen molar-refractivity contribution >= 4 is 11.7 Å². The molecule has 104 valence electrons. The molecule has 1 N–H and O–H groups in total. The number of carbonyl (C=O) groups is 1. The maximum Gasteiger partial charge on any atom is 0.342 e. The first-order chi connectivity index (χ1) is 9.06. The van der Waals surface area contributed by atoms with Gasteiger partial charge in [-0.2, -0.15) is 0 Å². The molecular weight excluding hydrogens is 250 g/mol. The number of nitrogens with zero attached hydrogens (tertiary/aromatic N) is 1. The second kappa shape index (κ2) is 7.35.